The maximum Gasteiger partial charge on any atom is 0.209 e. The summed E-state index contributed by atoms with van der Waals surface area (Å²) in [7, 11) is 1.55. The molecule has 3 N–H and O–H groups in total. The number of hydrogen-bond acceptors (Lipinski definition) is 6. The number of likely N-dealkylation sites (tertiary alicyclic amines) is 1. The number of rotatable bonds is 7. The number of carbonyl (C=O) groups is 2. The summed E-state index contributed by atoms with van der Waals surface area (Å²) in [6.45, 7) is 1.34. The quantitative estimate of drug-likeness (QED) is 0.435. The lowest BCUT2D eigenvalue weighted by Crippen LogP contribution is -2.37. The van der Waals surface area contributed by atoms with E-state index in [1.165, 1.54) is 0 Å². The number of benzene rings is 2. The van der Waals surface area contributed by atoms with Crippen LogP contribution in [0.1, 0.15) is 34.3 Å². The van der Waals surface area contributed by atoms with Gasteiger partial charge in [0.15, 0.2) is 11.5 Å². The third-order valence-electron chi connectivity index (χ3n) is 4.85. The van der Waals surface area contributed by atoms with Gasteiger partial charge in [-0.15, -0.1) is 0 Å². The maximum absolute atomic E-state index is 11.0. The number of carbonyl (C=O) groups excluding carboxylic acids is 2. The molecule has 0 saturated carbocycles. The summed E-state index contributed by atoms with van der Waals surface area (Å²) in [5, 5.41) is 8.49. The fourth-order valence-electron chi connectivity index (χ4n) is 3.22. The molecule has 3 rings (SSSR count). The molecular formula is C21H23N3O4. The molecular weight excluding hydrogens is 358 g/mol. The number of anilines is 1. The van der Waals surface area contributed by atoms with Crippen molar-refractivity contribution >= 4 is 24.1 Å². The Morgan fingerprint density at radius 1 is 1.14 bits per heavy atom. The minimum Gasteiger partial charge on any atom is -0.493 e. The van der Waals surface area contributed by atoms with Gasteiger partial charge in [0.05, 0.1) is 12.8 Å². The molecule has 0 unspecified atom stereocenters. The molecule has 1 heterocycles. The van der Waals surface area contributed by atoms with Crippen LogP contribution >= 0.6 is 0 Å². The molecule has 0 bridgehead atoms. The highest BCUT2D eigenvalue weighted by atomic mass is 16.5. The van der Waals surface area contributed by atoms with Crippen LogP contribution in [0.2, 0.25) is 0 Å². The average Bonchev–Trinajstić information content (AvgIpc) is 2.74. The van der Waals surface area contributed by atoms with Crippen molar-refractivity contribution < 1.29 is 19.1 Å². The van der Waals surface area contributed by atoms with Crippen molar-refractivity contribution in [2.24, 2.45) is 0 Å². The normalized spacial score (nSPS) is 14.4. The third-order valence-corrected chi connectivity index (χ3v) is 4.85. The second-order valence-corrected chi connectivity index (χ2v) is 6.66. The van der Waals surface area contributed by atoms with Gasteiger partial charge in [0.2, 0.25) is 6.41 Å². The van der Waals surface area contributed by atoms with Gasteiger partial charge >= 0.3 is 0 Å². The van der Waals surface area contributed by atoms with E-state index in [4.69, 9.17) is 20.6 Å². The molecule has 2 aromatic carbocycles. The van der Waals surface area contributed by atoms with Gasteiger partial charge in [-0.3, -0.25) is 15.0 Å². The zero-order valence-electron chi connectivity index (χ0n) is 15.7. The second kappa shape index (κ2) is 8.56. The van der Waals surface area contributed by atoms with Crippen molar-refractivity contribution in [2.45, 2.75) is 18.9 Å². The number of nitrogens with zero attached hydrogens (tertiary/aromatic N) is 1. The van der Waals surface area contributed by atoms with Gasteiger partial charge in [-0.25, -0.2) is 0 Å². The maximum atomic E-state index is 11.0. The van der Waals surface area contributed by atoms with Crippen LogP contribution in [0, 0.1) is 5.41 Å². The molecule has 1 fully saturated rings. The summed E-state index contributed by atoms with van der Waals surface area (Å²) in [4.78, 5) is 23.6. The molecule has 146 valence electrons. The predicted molar refractivity (Wildman–Crippen MR) is 106 cm³/mol. The number of nitrogens with two attached hydrogens (primary N) is 1. The van der Waals surface area contributed by atoms with E-state index in [-0.39, 0.29) is 11.8 Å². The van der Waals surface area contributed by atoms with Gasteiger partial charge in [-0.2, -0.15) is 0 Å². The van der Waals surface area contributed by atoms with Crippen LogP contribution < -0.4 is 15.2 Å². The van der Waals surface area contributed by atoms with Crippen LogP contribution in [-0.2, 0) is 4.79 Å². The molecule has 0 spiro atoms. The van der Waals surface area contributed by atoms with Crippen LogP contribution in [0.4, 0.5) is 5.69 Å². The Morgan fingerprint density at radius 3 is 2.54 bits per heavy atom. The largest absolute Gasteiger partial charge is 0.493 e. The fraction of sp³-hybridized carbons (Fsp3) is 0.286. The Balaban J connectivity index is 1.80. The van der Waals surface area contributed by atoms with E-state index >= 15 is 0 Å². The molecule has 1 amide bonds. The number of aldehydes is 1. The summed E-state index contributed by atoms with van der Waals surface area (Å²) in [6, 6.07) is 10.1. The van der Waals surface area contributed by atoms with Crippen molar-refractivity contribution in [3.8, 4) is 11.5 Å². The van der Waals surface area contributed by atoms with Crippen LogP contribution in [-0.4, -0.2) is 49.6 Å². The number of nitrogens with one attached hydrogen (secondary N) is 1. The van der Waals surface area contributed by atoms with Gasteiger partial charge in [-0.1, -0.05) is 0 Å². The van der Waals surface area contributed by atoms with Gasteiger partial charge < -0.3 is 20.1 Å². The number of hydrogen-bond donors (Lipinski definition) is 2. The van der Waals surface area contributed by atoms with Crippen molar-refractivity contribution in [3.63, 3.8) is 0 Å². The van der Waals surface area contributed by atoms with Gasteiger partial charge in [0, 0.05) is 48.3 Å². The Morgan fingerprint density at radius 2 is 1.89 bits per heavy atom. The SMILES string of the molecule is COc1cc(C(=N)c2cc(C=O)ccc2N)ccc1OC1CCN(C=O)CC1. The van der Waals surface area contributed by atoms with Crippen LogP contribution in [0.25, 0.3) is 0 Å². The Hall–Kier alpha value is -3.35. The Labute approximate surface area is 163 Å². The first-order valence-corrected chi connectivity index (χ1v) is 9.03. The lowest BCUT2D eigenvalue weighted by atomic mass is 9.98. The summed E-state index contributed by atoms with van der Waals surface area (Å²) in [6.07, 6.45) is 3.12. The molecule has 2 aromatic rings. The smallest absolute Gasteiger partial charge is 0.209 e. The van der Waals surface area contributed by atoms with E-state index in [1.54, 1.807) is 48.4 Å². The highest BCUT2D eigenvalue weighted by Gasteiger charge is 2.21. The van der Waals surface area contributed by atoms with E-state index in [0.717, 1.165) is 25.5 Å². The van der Waals surface area contributed by atoms with Gasteiger partial charge in [-0.05, 0) is 36.4 Å². The monoisotopic (exact) mass is 381 g/mol. The number of piperidine rings is 1. The summed E-state index contributed by atoms with van der Waals surface area (Å²) < 4.78 is 11.5. The molecule has 7 heteroatoms. The van der Waals surface area contributed by atoms with E-state index in [0.29, 0.717) is 47.0 Å². The number of amides is 1. The summed E-state index contributed by atoms with van der Waals surface area (Å²) >= 11 is 0. The second-order valence-electron chi connectivity index (χ2n) is 6.66. The third kappa shape index (κ3) is 4.14. The van der Waals surface area contributed by atoms with Crippen molar-refractivity contribution in [2.75, 3.05) is 25.9 Å². The first-order valence-electron chi connectivity index (χ1n) is 9.03. The molecule has 0 aliphatic carbocycles. The van der Waals surface area contributed by atoms with E-state index < -0.39 is 0 Å². The molecule has 0 aromatic heterocycles. The first kappa shape index (κ1) is 19.4. The van der Waals surface area contributed by atoms with Crippen molar-refractivity contribution in [1.29, 1.82) is 5.41 Å². The summed E-state index contributed by atoms with van der Waals surface area (Å²) in [5.74, 6) is 1.11. The fourth-order valence-corrected chi connectivity index (χ4v) is 3.22. The Bertz CT molecular complexity index is 889. The van der Waals surface area contributed by atoms with Gasteiger partial charge in [0.25, 0.3) is 0 Å². The number of ether oxygens (including phenoxy) is 2. The van der Waals surface area contributed by atoms with Crippen LogP contribution in [0.3, 0.4) is 0 Å². The topological polar surface area (TPSA) is 106 Å². The molecule has 7 nitrogen and oxygen atoms in total. The van der Waals surface area contributed by atoms with Crippen molar-refractivity contribution in [1.82, 2.24) is 4.90 Å². The van der Waals surface area contributed by atoms with Crippen molar-refractivity contribution in [3.05, 3.63) is 53.1 Å². The lowest BCUT2D eigenvalue weighted by Gasteiger charge is -2.30. The summed E-state index contributed by atoms with van der Waals surface area (Å²) in [5.41, 5.74) is 8.17. The standard InChI is InChI=1S/C21H23N3O4/c1-27-20-11-15(21(23)17-10-14(12-25)2-4-18(17)22)3-5-19(20)28-16-6-8-24(13-26)9-7-16/h2-5,10-13,16,23H,6-9,22H2,1H3. The average molecular weight is 381 g/mol. The van der Waals surface area contributed by atoms with Crippen LogP contribution in [0.5, 0.6) is 11.5 Å². The lowest BCUT2D eigenvalue weighted by molar-refractivity contribution is -0.119. The zero-order valence-corrected chi connectivity index (χ0v) is 15.7. The minimum absolute atomic E-state index is 0.00955. The molecule has 0 atom stereocenters. The number of methoxy groups -OCH3 is 1. The molecule has 1 aliphatic rings. The molecule has 28 heavy (non-hydrogen) atoms. The van der Waals surface area contributed by atoms with E-state index in [1.807, 2.05) is 0 Å². The predicted octanol–water partition coefficient (Wildman–Crippen LogP) is 2.51. The zero-order chi connectivity index (χ0) is 20.1. The van der Waals surface area contributed by atoms with Gasteiger partial charge in [0.1, 0.15) is 12.4 Å². The Kier molecular flexibility index (Phi) is 5.93. The number of nitrogen functional groups attached to an aromatic ring is 1. The minimum atomic E-state index is 0.00955. The van der Waals surface area contributed by atoms with Crippen LogP contribution in [0.15, 0.2) is 36.4 Å². The van der Waals surface area contributed by atoms with E-state index in [2.05, 4.69) is 0 Å². The highest BCUT2D eigenvalue weighted by Crippen LogP contribution is 2.32. The molecule has 0 radical (unpaired) electrons. The highest BCUT2D eigenvalue weighted by molar-refractivity contribution is 6.14. The first-order chi connectivity index (χ1) is 13.5. The molecule has 1 saturated heterocycles. The van der Waals surface area contributed by atoms with E-state index in [9.17, 15) is 9.59 Å². The molecule has 1 aliphatic heterocycles.